The lowest BCUT2D eigenvalue weighted by molar-refractivity contribution is -0.121. The van der Waals surface area contributed by atoms with Gasteiger partial charge in [-0.25, -0.2) is 9.97 Å². The molecule has 0 fully saturated rings. The first-order chi connectivity index (χ1) is 13.1. The highest BCUT2D eigenvalue weighted by molar-refractivity contribution is 7.19. The van der Waals surface area contributed by atoms with E-state index in [9.17, 15) is 4.79 Å². The van der Waals surface area contributed by atoms with Crippen molar-refractivity contribution in [1.29, 1.82) is 0 Å². The second-order valence-corrected chi connectivity index (χ2v) is 8.16. The Hall–Kier alpha value is -2.54. The average molecular weight is 382 g/mol. The molecule has 3 aromatic heterocycles. The second-order valence-electron chi connectivity index (χ2n) is 7.07. The Morgan fingerprint density at radius 2 is 2.19 bits per heavy atom. The van der Waals surface area contributed by atoms with E-state index in [0.29, 0.717) is 18.8 Å². The van der Waals surface area contributed by atoms with Gasteiger partial charge in [-0.15, -0.1) is 11.3 Å². The second kappa shape index (κ2) is 7.60. The van der Waals surface area contributed by atoms with Gasteiger partial charge in [-0.3, -0.25) is 9.78 Å². The molecule has 0 bridgehead atoms. The van der Waals surface area contributed by atoms with Crippen molar-refractivity contribution < 1.29 is 4.79 Å². The zero-order chi connectivity index (χ0) is 18.8. The molecule has 2 N–H and O–H groups in total. The maximum absolute atomic E-state index is 11.9. The Morgan fingerprint density at radius 3 is 2.96 bits per heavy atom. The fraction of sp³-hybridized carbons (Fsp3) is 0.400. The molecule has 6 nitrogen and oxygen atoms in total. The maximum atomic E-state index is 11.9. The Morgan fingerprint density at radius 1 is 1.30 bits per heavy atom. The topological polar surface area (TPSA) is 79.8 Å². The molecule has 27 heavy (non-hydrogen) atoms. The summed E-state index contributed by atoms with van der Waals surface area (Å²) >= 11 is 1.77. The van der Waals surface area contributed by atoms with Gasteiger partial charge in [-0.1, -0.05) is 0 Å². The zero-order valence-electron chi connectivity index (χ0n) is 15.6. The molecular weight excluding hydrogens is 358 g/mol. The minimum atomic E-state index is 0.0471. The number of rotatable bonds is 6. The molecule has 0 saturated heterocycles. The number of aryl methyl sites for hydroxylation is 2. The van der Waals surface area contributed by atoms with Crippen LogP contribution in [0.2, 0.25) is 0 Å². The smallest absolute Gasteiger partial charge is 0.221 e. The molecule has 1 aliphatic carbocycles. The molecule has 4 rings (SSSR count). The van der Waals surface area contributed by atoms with E-state index in [2.05, 4.69) is 15.6 Å². The number of fused-ring (bicyclic) bond motifs is 3. The van der Waals surface area contributed by atoms with E-state index in [0.717, 1.165) is 34.4 Å². The number of aromatic nitrogens is 3. The van der Waals surface area contributed by atoms with Crippen molar-refractivity contribution in [2.75, 3.05) is 11.9 Å². The summed E-state index contributed by atoms with van der Waals surface area (Å²) in [4.78, 5) is 28.2. The van der Waals surface area contributed by atoms with Crippen LogP contribution in [0.25, 0.3) is 21.6 Å². The van der Waals surface area contributed by atoms with Crippen LogP contribution in [0.5, 0.6) is 0 Å². The number of nitrogens with zero attached hydrogens (tertiary/aromatic N) is 3. The molecule has 0 radical (unpaired) electrons. The van der Waals surface area contributed by atoms with E-state index in [-0.39, 0.29) is 11.9 Å². The number of pyridine rings is 1. The van der Waals surface area contributed by atoms with Crippen LogP contribution in [-0.2, 0) is 17.6 Å². The number of nitrogens with one attached hydrogen (secondary N) is 2. The van der Waals surface area contributed by atoms with E-state index in [1.807, 2.05) is 26.0 Å². The first-order valence-electron chi connectivity index (χ1n) is 9.37. The van der Waals surface area contributed by atoms with E-state index >= 15 is 0 Å². The predicted octanol–water partition coefficient (Wildman–Crippen LogP) is 3.57. The van der Waals surface area contributed by atoms with Crippen molar-refractivity contribution in [3.63, 3.8) is 0 Å². The lowest BCUT2D eigenvalue weighted by Crippen LogP contribution is -2.31. The number of amides is 1. The Kier molecular flexibility index (Phi) is 5.03. The molecule has 3 aromatic rings. The van der Waals surface area contributed by atoms with Crippen molar-refractivity contribution in [2.24, 2.45) is 0 Å². The van der Waals surface area contributed by atoms with E-state index < -0.39 is 0 Å². The minimum Gasteiger partial charge on any atom is -0.369 e. The quantitative estimate of drug-likeness (QED) is 0.682. The number of thiophene rings is 1. The van der Waals surface area contributed by atoms with E-state index in [1.165, 1.54) is 16.9 Å². The zero-order valence-corrected chi connectivity index (χ0v) is 16.4. The van der Waals surface area contributed by atoms with Crippen LogP contribution < -0.4 is 10.6 Å². The molecule has 0 aromatic carbocycles. The van der Waals surface area contributed by atoms with Gasteiger partial charge in [-0.05, 0) is 50.8 Å². The van der Waals surface area contributed by atoms with Gasteiger partial charge in [0.25, 0.3) is 0 Å². The van der Waals surface area contributed by atoms with Gasteiger partial charge in [0.05, 0.1) is 5.39 Å². The van der Waals surface area contributed by atoms with Gasteiger partial charge in [0.2, 0.25) is 5.91 Å². The fourth-order valence-electron chi connectivity index (χ4n) is 3.44. The summed E-state index contributed by atoms with van der Waals surface area (Å²) < 4.78 is 0. The lowest BCUT2D eigenvalue weighted by Gasteiger charge is -2.11. The van der Waals surface area contributed by atoms with Crippen molar-refractivity contribution in [3.05, 3.63) is 35.0 Å². The molecule has 0 aliphatic heterocycles. The van der Waals surface area contributed by atoms with Gasteiger partial charge in [0.1, 0.15) is 10.6 Å². The fourth-order valence-corrected chi connectivity index (χ4v) is 4.70. The van der Waals surface area contributed by atoms with Crippen LogP contribution in [-0.4, -0.2) is 33.4 Å². The molecular formula is C20H23N5OS. The summed E-state index contributed by atoms with van der Waals surface area (Å²) in [6.07, 6.45) is 7.33. The van der Waals surface area contributed by atoms with Crippen LogP contribution in [0, 0.1) is 0 Å². The summed E-state index contributed by atoms with van der Waals surface area (Å²) in [6, 6.07) is 4.01. The number of carbonyl (C=O) groups is 1. The molecule has 3 heterocycles. The van der Waals surface area contributed by atoms with Gasteiger partial charge in [0.15, 0.2) is 5.82 Å². The molecule has 7 heteroatoms. The van der Waals surface area contributed by atoms with Gasteiger partial charge < -0.3 is 10.6 Å². The highest BCUT2D eigenvalue weighted by atomic mass is 32.1. The maximum Gasteiger partial charge on any atom is 0.221 e. The molecule has 1 aliphatic rings. The molecule has 140 valence electrons. The lowest BCUT2D eigenvalue weighted by atomic mass is 10.1. The first-order valence-corrected chi connectivity index (χ1v) is 10.2. The highest BCUT2D eigenvalue weighted by Crippen LogP contribution is 2.40. The molecule has 1 amide bonds. The first kappa shape index (κ1) is 17.9. The predicted molar refractivity (Wildman–Crippen MR) is 109 cm³/mol. The Labute approximate surface area is 162 Å². The van der Waals surface area contributed by atoms with Crippen LogP contribution in [0.4, 0.5) is 5.82 Å². The third kappa shape index (κ3) is 3.78. The summed E-state index contributed by atoms with van der Waals surface area (Å²) in [7, 11) is 0. The standard InChI is InChI=1S/C20H23N5OS/c1-12(2)23-16(26)8-10-22-19-17-14-6-3-7-15(14)27-20(17)25-18(24-19)13-5-4-9-21-11-13/h4-5,9,11-12H,3,6-8,10H2,1-2H3,(H,23,26)(H,22,24,25). The van der Waals surface area contributed by atoms with Gasteiger partial charge in [-0.2, -0.15) is 0 Å². The minimum absolute atomic E-state index is 0.0471. The average Bonchev–Trinajstić information content (AvgIpc) is 3.22. The summed E-state index contributed by atoms with van der Waals surface area (Å²) in [5.41, 5.74) is 2.27. The third-order valence-corrected chi connectivity index (χ3v) is 5.76. The van der Waals surface area contributed by atoms with Crippen molar-refractivity contribution in [2.45, 2.75) is 45.6 Å². The van der Waals surface area contributed by atoms with Crippen LogP contribution in [0.1, 0.15) is 37.1 Å². The van der Waals surface area contributed by atoms with Crippen molar-refractivity contribution in [1.82, 2.24) is 20.3 Å². The number of hydrogen-bond acceptors (Lipinski definition) is 6. The summed E-state index contributed by atoms with van der Waals surface area (Å²) in [5.74, 6) is 1.55. The molecule has 0 atom stereocenters. The Bertz CT molecular complexity index is 967. The number of carbonyl (C=O) groups excluding carboxylic acids is 1. The van der Waals surface area contributed by atoms with Crippen LogP contribution >= 0.6 is 11.3 Å². The van der Waals surface area contributed by atoms with Gasteiger partial charge >= 0.3 is 0 Å². The summed E-state index contributed by atoms with van der Waals surface area (Å²) in [5, 5.41) is 7.44. The Balaban J connectivity index is 1.65. The van der Waals surface area contributed by atoms with Crippen molar-refractivity contribution >= 4 is 33.3 Å². The number of hydrogen-bond donors (Lipinski definition) is 2. The van der Waals surface area contributed by atoms with E-state index in [4.69, 9.17) is 9.97 Å². The third-order valence-electron chi connectivity index (χ3n) is 4.58. The van der Waals surface area contributed by atoms with E-state index in [1.54, 1.807) is 23.7 Å². The van der Waals surface area contributed by atoms with Crippen LogP contribution in [0.15, 0.2) is 24.5 Å². The molecule has 0 saturated carbocycles. The molecule has 0 spiro atoms. The van der Waals surface area contributed by atoms with Gasteiger partial charge in [0, 0.05) is 41.8 Å². The van der Waals surface area contributed by atoms with Crippen molar-refractivity contribution in [3.8, 4) is 11.4 Å². The summed E-state index contributed by atoms with van der Waals surface area (Å²) in [6.45, 7) is 4.48. The molecule has 0 unspecified atom stereocenters. The normalized spacial score (nSPS) is 13.1. The highest BCUT2D eigenvalue weighted by Gasteiger charge is 2.22. The SMILES string of the molecule is CC(C)NC(=O)CCNc1nc(-c2cccnc2)nc2sc3c(c12)CCC3. The monoisotopic (exact) mass is 381 g/mol. The number of anilines is 1. The van der Waals surface area contributed by atoms with Crippen LogP contribution in [0.3, 0.4) is 0 Å². The largest absolute Gasteiger partial charge is 0.369 e.